The van der Waals surface area contributed by atoms with Crippen LogP contribution in [0.25, 0.3) is 0 Å². The van der Waals surface area contributed by atoms with Crippen molar-refractivity contribution >= 4 is 39.9 Å². The van der Waals surface area contributed by atoms with Gasteiger partial charge in [0.25, 0.3) is 5.91 Å². The number of urea groups is 1. The molecule has 27 heavy (non-hydrogen) atoms. The van der Waals surface area contributed by atoms with Gasteiger partial charge in [0, 0.05) is 12.2 Å². The maximum absolute atomic E-state index is 12.8. The van der Waals surface area contributed by atoms with Crippen molar-refractivity contribution in [3.05, 3.63) is 47.3 Å². The van der Waals surface area contributed by atoms with Gasteiger partial charge in [-0.25, -0.2) is 9.59 Å². The number of para-hydroxylation sites is 1. The predicted molar refractivity (Wildman–Crippen MR) is 104 cm³/mol. The van der Waals surface area contributed by atoms with Gasteiger partial charge in [0.05, 0.1) is 16.5 Å². The highest BCUT2D eigenvalue weighted by atomic mass is 32.1. The maximum atomic E-state index is 12.8. The number of nitrogens with one attached hydrogen (secondary N) is 2. The number of thiophene rings is 1. The maximum Gasteiger partial charge on any atom is 0.328 e. The van der Waals surface area contributed by atoms with Crippen LogP contribution in [-0.4, -0.2) is 42.0 Å². The molecule has 2 heterocycles. The van der Waals surface area contributed by atoms with E-state index in [0.29, 0.717) is 35.1 Å². The lowest BCUT2D eigenvalue weighted by Gasteiger charge is -2.22. The molecular formula is C19H21N3O4S. The molecule has 1 aliphatic heterocycles. The Morgan fingerprint density at radius 3 is 2.67 bits per heavy atom. The normalized spacial score (nSPS) is 16.0. The van der Waals surface area contributed by atoms with E-state index in [9.17, 15) is 14.4 Å². The fourth-order valence-corrected chi connectivity index (χ4v) is 3.81. The molecule has 2 N–H and O–H groups in total. The molecule has 1 aromatic carbocycles. The molecule has 3 amide bonds. The Morgan fingerprint density at radius 1 is 1.15 bits per heavy atom. The molecule has 1 atom stereocenters. The number of carbonyl (C=O) groups is 3. The second kappa shape index (κ2) is 8.68. The standard InChI is InChI=1S/C19H21N3O4S/c1-2-26-18(24)14-9-6-12-22(14)17(23)15-10-11-16(27-15)21-19(25)20-13-7-4-3-5-8-13/h3-5,7-8,10-11,14H,2,6,9,12H2,1H3,(H2,20,21,25). The molecule has 1 saturated heterocycles. The number of amides is 3. The molecule has 142 valence electrons. The second-order valence-corrected chi connectivity index (χ2v) is 7.10. The molecule has 0 spiro atoms. The molecule has 1 fully saturated rings. The number of esters is 1. The Morgan fingerprint density at radius 2 is 1.93 bits per heavy atom. The molecule has 1 aromatic heterocycles. The molecule has 0 bridgehead atoms. The average Bonchev–Trinajstić information content (AvgIpc) is 3.31. The van der Waals surface area contributed by atoms with Gasteiger partial charge in [-0.1, -0.05) is 18.2 Å². The molecular weight excluding hydrogens is 366 g/mol. The fourth-order valence-electron chi connectivity index (χ4n) is 2.95. The van der Waals surface area contributed by atoms with Crippen LogP contribution in [0.1, 0.15) is 29.4 Å². The number of nitrogens with zero attached hydrogens (tertiary/aromatic N) is 1. The van der Waals surface area contributed by atoms with E-state index in [1.807, 2.05) is 18.2 Å². The molecule has 0 aliphatic carbocycles. The van der Waals surface area contributed by atoms with Crippen molar-refractivity contribution in [1.29, 1.82) is 0 Å². The number of likely N-dealkylation sites (tertiary alicyclic amines) is 1. The van der Waals surface area contributed by atoms with Gasteiger partial charge in [-0.2, -0.15) is 0 Å². The fraction of sp³-hybridized carbons (Fsp3) is 0.316. The van der Waals surface area contributed by atoms with Gasteiger partial charge < -0.3 is 15.0 Å². The Hall–Kier alpha value is -2.87. The Labute approximate surface area is 161 Å². The summed E-state index contributed by atoms with van der Waals surface area (Å²) in [6, 6.07) is 11.5. The molecule has 7 nitrogen and oxygen atoms in total. The number of anilines is 2. The SMILES string of the molecule is CCOC(=O)C1CCCN1C(=O)c1ccc(NC(=O)Nc2ccccc2)s1. The Balaban J connectivity index is 1.62. The third-order valence-corrected chi connectivity index (χ3v) is 5.15. The topological polar surface area (TPSA) is 87.7 Å². The average molecular weight is 387 g/mol. The van der Waals surface area contributed by atoms with E-state index in [1.54, 1.807) is 36.1 Å². The summed E-state index contributed by atoms with van der Waals surface area (Å²) in [4.78, 5) is 38.9. The molecule has 8 heteroatoms. The van der Waals surface area contributed by atoms with Crippen molar-refractivity contribution < 1.29 is 19.1 Å². The van der Waals surface area contributed by atoms with Crippen molar-refractivity contribution in [2.24, 2.45) is 0 Å². The first-order valence-corrected chi connectivity index (χ1v) is 9.60. The molecule has 1 aliphatic rings. The first-order valence-electron chi connectivity index (χ1n) is 8.79. The van der Waals surface area contributed by atoms with E-state index >= 15 is 0 Å². The number of ether oxygens (including phenoxy) is 1. The highest BCUT2D eigenvalue weighted by Gasteiger charge is 2.36. The summed E-state index contributed by atoms with van der Waals surface area (Å²) >= 11 is 1.18. The number of carbonyl (C=O) groups excluding carboxylic acids is 3. The van der Waals surface area contributed by atoms with E-state index in [-0.39, 0.29) is 17.9 Å². The van der Waals surface area contributed by atoms with Crippen molar-refractivity contribution in [3.8, 4) is 0 Å². The summed E-state index contributed by atoms with van der Waals surface area (Å²) < 4.78 is 5.06. The lowest BCUT2D eigenvalue weighted by Crippen LogP contribution is -2.41. The van der Waals surface area contributed by atoms with Crippen molar-refractivity contribution in [2.45, 2.75) is 25.8 Å². The summed E-state index contributed by atoms with van der Waals surface area (Å²) in [7, 11) is 0. The summed E-state index contributed by atoms with van der Waals surface area (Å²) in [6.07, 6.45) is 1.38. The molecule has 0 saturated carbocycles. The zero-order valence-electron chi connectivity index (χ0n) is 14.9. The molecule has 0 radical (unpaired) electrons. The van der Waals surface area contributed by atoms with Gasteiger partial charge >= 0.3 is 12.0 Å². The first-order chi connectivity index (χ1) is 13.1. The number of hydrogen-bond donors (Lipinski definition) is 2. The zero-order valence-corrected chi connectivity index (χ0v) is 15.8. The van der Waals surface area contributed by atoms with Crippen LogP contribution in [0.15, 0.2) is 42.5 Å². The van der Waals surface area contributed by atoms with Gasteiger partial charge in [-0.05, 0) is 44.0 Å². The largest absolute Gasteiger partial charge is 0.464 e. The summed E-state index contributed by atoms with van der Waals surface area (Å²) in [5.74, 6) is -0.576. The van der Waals surface area contributed by atoms with Crippen LogP contribution in [-0.2, 0) is 9.53 Å². The summed E-state index contributed by atoms with van der Waals surface area (Å²) in [5.41, 5.74) is 0.678. The monoisotopic (exact) mass is 387 g/mol. The third-order valence-electron chi connectivity index (χ3n) is 4.16. The Kier molecular flexibility index (Phi) is 6.08. The van der Waals surface area contributed by atoms with E-state index in [0.717, 1.165) is 6.42 Å². The second-order valence-electron chi connectivity index (χ2n) is 6.02. The van der Waals surface area contributed by atoms with Crippen LogP contribution in [0.3, 0.4) is 0 Å². The van der Waals surface area contributed by atoms with Crippen LogP contribution in [0.2, 0.25) is 0 Å². The van der Waals surface area contributed by atoms with Crippen molar-refractivity contribution in [1.82, 2.24) is 4.90 Å². The van der Waals surface area contributed by atoms with Crippen LogP contribution in [0, 0.1) is 0 Å². The highest BCUT2D eigenvalue weighted by Crippen LogP contribution is 2.27. The predicted octanol–water partition coefficient (Wildman–Crippen LogP) is 3.56. The third kappa shape index (κ3) is 4.65. The number of benzene rings is 1. The van der Waals surface area contributed by atoms with Crippen LogP contribution in [0.5, 0.6) is 0 Å². The quantitative estimate of drug-likeness (QED) is 0.768. The van der Waals surface area contributed by atoms with Gasteiger partial charge in [-0.3, -0.25) is 10.1 Å². The lowest BCUT2D eigenvalue weighted by atomic mass is 10.2. The minimum absolute atomic E-state index is 0.216. The van der Waals surface area contributed by atoms with Gasteiger partial charge in [-0.15, -0.1) is 11.3 Å². The van der Waals surface area contributed by atoms with Crippen LogP contribution >= 0.6 is 11.3 Å². The Bertz CT molecular complexity index is 821. The zero-order chi connectivity index (χ0) is 19.2. The first kappa shape index (κ1) is 18.9. The van der Waals surface area contributed by atoms with E-state index in [4.69, 9.17) is 4.74 Å². The van der Waals surface area contributed by atoms with E-state index < -0.39 is 6.04 Å². The number of rotatable bonds is 5. The molecule has 1 unspecified atom stereocenters. The van der Waals surface area contributed by atoms with Gasteiger partial charge in [0.1, 0.15) is 6.04 Å². The highest BCUT2D eigenvalue weighted by molar-refractivity contribution is 7.18. The van der Waals surface area contributed by atoms with Crippen molar-refractivity contribution in [3.63, 3.8) is 0 Å². The minimum atomic E-state index is -0.530. The summed E-state index contributed by atoms with van der Waals surface area (Å²) in [5, 5.41) is 5.99. The van der Waals surface area contributed by atoms with Gasteiger partial charge in [0.15, 0.2) is 0 Å². The van der Waals surface area contributed by atoms with E-state index in [1.165, 1.54) is 11.3 Å². The van der Waals surface area contributed by atoms with Gasteiger partial charge in [0.2, 0.25) is 0 Å². The van der Waals surface area contributed by atoms with Crippen molar-refractivity contribution in [2.75, 3.05) is 23.8 Å². The summed E-state index contributed by atoms with van der Waals surface area (Å²) in [6.45, 7) is 2.56. The smallest absolute Gasteiger partial charge is 0.328 e. The molecule has 2 aromatic rings. The number of hydrogen-bond acceptors (Lipinski definition) is 5. The minimum Gasteiger partial charge on any atom is -0.464 e. The lowest BCUT2D eigenvalue weighted by molar-refractivity contribution is -0.147. The van der Waals surface area contributed by atoms with E-state index in [2.05, 4.69) is 10.6 Å². The molecule has 3 rings (SSSR count). The van der Waals surface area contributed by atoms with Crippen LogP contribution in [0.4, 0.5) is 15.5 Å². The van der Waals surface area contributed by atoms with Crippen LogP contribution < -0.4 is 10.6 Å².